The summed E-state index contributed by atoms with van der Waals surface area (Å²) in [6.45, 7) is 0. The maximum atomic E-state index is 6.11. The molecule has 0 atom stereocenters. The van der Waals surface area contributed by atoms with Crippen LogP contribution in [0.15, 0.2) is 30.7 Å². The van der Waals surface area contributed by atoms with Gasteiger partial charge in [-0.15, -0.1) is 0 Å². The molecule has 1 aliphatic carbocycles. The van der Waals surface area contributed by atoms with Crippen molar-refractivity contribution in [3.05, 3.63) is 36.4 Å². The van der Waals surface area contributed by atoms with Gasteiger partial charge in [0.2, 0.25) is 0 Å². The van der Waals surface area contributed by atoms with Crippen LogP contribution in [0.2, 0.25) is 0 Å². The molecule has 94 valence electrons. The molecule has 0 radical (unpaired) electrons. The summed E-state index contributed by atoms with van der Waals surface area (Å²) in [5.74, 6) is 0.543. The molecule has 0 unspecified atom stereocenters. The number of hydrogen-bond donors (Lipinski definition) is 1. The third kappa shape index (κ3) is 2.10. The molecule has 0 spiro atoms. The molecule has 3 rings (SSSR count). The number of nitrogen functional groups attached to an aromatic ring is 1. The van der Waals surface area contributed by atoms with E-state index in [-0.39, 0.29) is 0 Å². The Labute approximate surface area is 107 Å². The first-order valence-corrected chi connectivity index (χ1v) is 6.60. The summed E-state index contributed by atoms with van der Waals surface area (Å²) < 4.78 is 1.86. The van der Waals surface area contributed by atoms with Crippen molar-refractivity contribution in [3.63, 3.8) is 0 Å². The molecule has 4 heteroatoms. The van der Waals surface area contributed by atoms with Crippen LogP contribution in [-0.4, -0.2) is 14.8 Å². The van der Waals surface area contributed by atoms with Crippen LogP contribution >= 0.6 is 0 Å². The second-order valence-electron chi connectivity index (χ2n) is 4.95. The van der Waals surface area contributed by atoms with Crippen LogP contribution < -0.4 is 5.73 Å². The van der Waals surface area contributed by atoms with Crippen LogP contribution in [0.4, 0.5) is 5.69 Å². The van der Waals surface area contributed by atoms with Gasteiger partial charge in [0.15, 0.2) is 0 Å². The predicted molar refractivity (Wildman–Crippen MR) is 71.6 cm³/mol. The van der Waals surface area contributed by atoms with Gasteiger partial charge in [-0.1, -0.05) is 19.3 Å². The summed E-state index contributed by atoms with van der Waals surface area (Å²) in [5, 5.41) is 4.67. The van der Waals surface area contributed by atoms with Gasteiger partial charge in [0.1, 0.15) is 0 Å². The standard InChI is InChI=1S/C14H18N4/c15-13-10-18(12-6-8-16-9-7-12)17-14(13)11-4-2-1-3-5-11/h6-11H,1-5,15H2. The largest absolute Gasteiger partial charge is 0.396 e. The van der Waals surface area contributed by atoms with Crippen LogP contribution in [0, 0.1) is 0 Å². The molecular weight excluding hydrogens is 224 g/mol. The summed E-state index contributed by atoms with van der Waals surface area (Å²) >= 11 is 0. The lowest BCUT2D eigenvalue weighted by Gasteiger charge is -2.20. The lowest BCUT2D eigenvalue weighted by Crippen LogP contribution is -2.07. The summed E-state index contributed by atoms with van der Waals surface area (Å²) in [4.78, 5) is 4.02. The van der Waals surface area contributed by atoms with Gasteiger partial charge in [0.05, 0.1) is 23.3 Å². The zero-order valence-corrected chi connectivity index (χ0v) is 10.4. The second-order valence-corrected chi connectivity index (χ2v) is 4.95. The average molecular weight is 242 g/mol. The first-order chi connectivity index (χ1) is 8.84. The van der Waals surface area contributed by atoms with Crippen molar-refractivity contribution in [1.29, 1.82) is 0 Å². The predicted octanol–water partition coefficient (Wildman–Crippen LogP) is 2.90. The number of nitrogens with zero attached hydrogens (tertiary/aromatic N) is 3. The van der Waals surface area contributed by atoms with Crippen LogP contribution in [0.25, 0.3) is 5.69 Å². The number of nitrogens with two attached hydrogens (primary N) is 1. The number of hydrogen-bond acceptors (Lipinski definition) is 3. The first-order valence-electron chi connectivity index (χ1n) is 6.60. The van der Waals surface area contributed by atoms with Gasteiger partial charge in [0.25, 0.3) is 0 Å². The van der Waals surface area contributed by atoms with E-state index in [2.05, 4.69) is 10.1 Å². The minimum absolute atomic E-state index is 0.543. The minimum atomic E-state index is 0.543. The van der Waals surface area contributed by atoms with Gasteiger partial charge in [0, 0.05) is 18.3 Å². The zero-order chi connectivity index (χ0) is 12.4. The third-order valence-corrected chi connectivity index (χ3v) is 3.69. The van der Waals surface area contributed by atoms with E-state index < -0.39 is 0 Å². The van der Waals surface area contributed by atoms with Crippen molar-refractivity contribution in [3.8, 4) is 5.69 Å². The Morgan fingerprint density at radius 3 is 2.56 bits per heavy atom. The van der Waals surface area contributed by atoms with Crippen LogP contribution in [0.1, 0.15) is 43.7 Å². The first kappa shape index (κ1) is 11.3. The van der Waals surface area contributed by atoms with Crippen molar-refractivity contribution in [2.75, 3.05) is 5.73 Å². The van der Waals surface area contributed by atoms with Crippen molar-refractivity contribution in [2.24, 2.45) is 0 Å². The van der Waals surface area contributed by atoms with E-state index in [4.69, 9.17) is 5.73 Å². The molecule has 1 aliphatic rings. The Hall–Kier alpha value is -1.84. The molecule has 18 heavy (non-hydrogen) atoms. The molecular formula is C14H18N4. The summed E-state index contributed by atoms with van der Waals surface area (Å²) in [6.07, 6.45) is 11.8. The molecule has 0 aromatic carbocycles. The Bertz CT molecular complexity index is 512. The van der Waals surface area contributed by atoms with E-state index in [0.717, 1.165) is 17.1 Å². The Balaban J connectivity index is 1.91. The fourth-order valence-corrected chi connectivity index (χ4v) is 2.72. The highest BCUT2D eigenvalue weighted by molar-refractivity contribution is 5.46. The summed E-state index contributed by atoms with van der Waals surface area (Å²) in [5.41, 5.74) is 9.02. The average Bonchev–Trinajstić information content (AvgIpc) is 2.83. The van der Waals surface area contributed by atoms with Crippen LogP contribution in [-0.2, 0) is 0 Å². The molecule has 0 bridgehead atoms. The van der Waals surface area contributed by atoms with E-state index >= 15 is 0 Å². The Kier molecular flexibility index (Phi) is 3.00. The van der Waals surface area contributed by atoms with Crippen molar-refractivity contribution in [1.82, 2.24) is 14.8 Å². The maximum Gasteiger partial charge on any atom is 0.0889 e. The highest BCUT2D eigenvalue weighted by atomic mass is 15.3. The summed E-state index contributed by atoms with van der Waals surface area (Å²) in [6, 6.07) is 3.88. The van der Waals surface area contributed by atoms with Gasteiger partial charge in [-0.05, 0) is 25.0 Å². The minimum Gasteiger partial charge on any atom is -0.396 e. The summed E-state index contributed by atoms with van der Waals surface area (Å²) in [7, 11) is 0. The van der Waals surface area contributed by atoms with E-state index in [9.17, 15) is 0 Å². The van der Waals surface area contributed by atoms with E-state index in [0.29, 0.717) is 5.92 Å². The molecule has 2 heterocycles. The van der Waals surface area contributed by atoms with Gasteiger partial charge in [-0.25, -0.2) is 4.68 Å². The number of anilines is 1. The lowest BCUT2D eigenvalue weighted by molar-refractivity contribution is 0.435. The fourth-order valence-electron chi connectivity index (χ4n) is 2.72. The Morgan fingerprint density at radius 1 is 1.11 bits per heavy atom. The van der Waals surface area contributed by atoms with Gasteiger partial charge < -0.3 is 5.73 Å². The monoisotopic (exact) mass is 242 g/mol. The molecule has 2 aromatic rings. The van der Waals surface area contributed by atoms with Crippen molar-refractivity contribution >= 4 is 5.69 Å². The van der Waals surface area contributed by atoms with Crippen LogP contribution in [0.5, 0.6) is 0 Å². The van der Waals surface area contributed by atoms with E-state index in [1.807, 2.05) is 23.0 Å². The zero-order valence-electron chi connectivity index (χ0n) is 10.4. The van der Waals surface area contributed by atoms with Crippen molar-refractivity contribution < 1.29 is 0 Å². The maximum absolute atomic E-state index is 6.11. The normalized spacial score (nSPS) is 16.9. The molecule has 1 fully saturated rings. The molecule has 4 nitrogen and oxygen atoms in total. The van der Waals surface area contributed by atoms with Crippen LogP contribution in [0.3, 0.4) is 0 Å². The number of rotatable bonds is 2. The molecule has 0 saturated heterocycles. The van der Waals surface area contributed by atoms with E-state index in [1.54, 1.807) is 12.4 Å². The highest BCUT2D eigenvalue weighted by Crippen LogP contribution is 2.34. The highest BCUT2D eigenvalue weighted by Gasteiger charge is 2.21. The fraction of sp³-hybridized carbons (Fsp3) is 0.429. The van der Waals surface area contributed by atoms with Crippen molar-refractivity contribution in [2.45, 2.75) is 38.0 Å². The smallest absolute Gasteiger partial charge is 0.0889 e. The van der Waals surface area contributed by atoms with Gasteiger partial charge in [-0.3, -0.25) is 4.98 Å². The number of pyridine rings is 1. The van der Waals surface area contributed by atoms with Gasteiger partial charge in [-0.2, -0.15) is 5.10 Å². The lowest BCUT2D eigenvalue weighted by atomic mass is 9.86. The second kappa shape index (κ2) is 4.80. The topological polar surface area (TPSA) is 56.7 Å². The molecule has 2 N–H and O–H groups in total. The van der Waals surface area contributed by atoms with Gasteiger partial charge >= 0.3 is 0 Å². The quantitative estimate of drug-likeness (QED) is 0.881. The molecule has 1 saturated carbocycles. The SMILES string of the molecule is Nc1cn(-c2ccncc2)nc1C1CCCCC1. The Morgan fingerprint density at radius 2 is 1.83 bits per heavy atom. The van der Waals surface area contributed by atoms with E-state index in [1.165, 1.54) is 32.1 Å². The molecule has 0 amide bonds. The molecule has 0 aliphatic heterocycles. The molecule has 2 aromatic heterocycles. The third-order valence-electron chi connectivity index (χ3n) is 3.69. The number of aromatic nitrogens is 3.